The minimum Gasteiger partial charge on any atom is -0.383 e. The van der Waals surface area contributed by atoms with Crippen molar-refractivity contribution in [3.05, 3.63) is 0 Å². The molecule has 0 aliphatic carbocycles. The zero-order valence-electron chi connectivity index (χ0n) is 11.9. The molecule has 0 aromatic rings. The summed E-state index contributed by atoms with van der Waals surface area (Å²) in [5, 5.41) is 2.99. The second kappa shape index (κ2) is 9.85. The van der Waals surface area contributed by atoms with Gasteiger partial charge in [0.25, 0.3) is 0 Å². The Kier molecular flexibility index (Phi) is 9.22. The van der Waals surface area contributed by atoms with Gasteiger partial charge < -0.3 is 19.9 Å². The summed E-state index contributed by atoms with van der Waals surface area (Å²) >= 11 is 0. The lowest BCUT2D eigenvalue weighted by molar-refractivity contribution is -0.138. The maximum atomic E-state index is 11.9. The fourth-order valence-corrected chi connectivity index (χ4v) is 1.35. The normalized spacial score (nSPS) is 10.2. The van der Waals surface area contributed by atoms with Gasteiger partial charge in [0.2, 0.25) is 11.8 Å². The second-order valence-electron chi connectivity index (χ2n) is 4.27. The maximum Gasteiger partial charge on any atom is 0.241 e. The van der Waals surface area contributed by atoms with Crippen LogP contribution in [0.2, 0.25) is 0 Å². The average molecular weight is 259 g/mol. The van der Waals surface area contributed by atoms with Crippen LogP contribution in [0.25, 0.3) is 0 Å². The topological polar surface area (TPSA) is 61.9 Å². The van der Waals surface area contributed by atoms with E-state index in [1.54, 1.807) is 26.1 Å². The number of nitrogens with one attached hydrogen (secondary N) is 1. The third kappa shape index (κ3) is 7.24. The van der Waals surface area contributed by atoms with Crippen LogP contribution in [0.5, 0.6) is 0 Å². The van der Waals surface area contributed by atoms with Gasteiger partial charge in [-0.15, -0.1) is 0 Å². The van der Waals surface area contributed by atoms with Crippen molar-refractivity contribution in [2.45, 2.75) is 13.3 Å². The van der Waals surface area contributed by atoms with Gasteiger partial charge in [-0.2, -0.15) is 0 Å². The van der Waals surface area contributed by atoms with Crippen molar-refractivity contribution in [1.82, 2.24) is 15.1 Å². The SMILES string of the molecule is CCCN(CC(=O)N(C)C)C(=O)CNCCOC. The van der Waals surface area contributed by atoms with Crippen molar-refractivity contribution < 1.29 is 14.3 Å². The lowest BCUT2D eigenvalue weighted by Gasteiger charge is -2.23. The number of hydrogen-bond donors (Lipinski definition) is 1. The molecule has 0 aliphatic rings. The number of carbonyl (C=O) groups is 2. The minimum absolute atomic E-state index is 0.0526. The molecule has 0 aliphatic heterocycles. The Balaban J connectivity index is 4.14. The first-order valence-corrected chi connectivity index (χ1v) is 6.20. The molecule has 1 N–H and O–H groups in total. The molecule has 0 bridgehead atoms. The van der Waals surface area contributed by atoms with Gasteiger partial charge in [0.1, 0.15) is 0 Å². The van der Waals surface area contributed by atoms with Gasteiger partial charge in [-0.25, -0.2) is 0 Å². The van der Waals surface area contributed by atoms with E-state index in [4.69, 9.17) is 4.74 Å². The predicted molar refractivity (Wildman–Crippen MR) is 70.3 cm³/mol. The van der Waals surface area contributed by atoms with Crippen molar-refractivity contribution in [3.63, 3.8) is 0 Å². The van der Waals surface area contributed by atoms with Gasteiger partial charge in [0, 0.05) is 34.3 Å². The van der Waals surface area contributed by atoms with Crippen LogP contribution in [0.1, 0.15) is 13.3 Å². The quantitative estimate of drug-likeness (QED) is 0.570. The molecule has 106 valence electrons. The maximum absolute atomic E-state index is 11.9. The first-order valence-electron chi connectivity index (χ1n) is 6.20. The van der Waals surface area contributed by atoms with Gasteiger partial charge in [0.15, 0.2) is 0 Å². The van der Waals surface area contributed by atoms with Crippen molar-refractivity contribution >= 4 is 11.8 Å². The third-order valence-corrected chi connectivity index (χ3v) is 2.43. The number of likely N-dealkylation sites (N-methyl/N-ethyl adjacent to an activating group) is 1. The molecule has 6 heteroatoms. The number of methoxy groups -OCH3 is 1. The third-order valence-electron chi connectivity index (χ3n) is 2.43. The lowest BCUT2D eigenvalue weighted by Crippen LogP contribution is -2.44. The van der Waals surface area contributed by atoms with Crippen molar-refractivity contribution in [1.29, 1.82) is 0 Å². The van der Waals surface area contributed by atoms with Crippen LogP contribution in [0.4, 0.5) is 0 Å². The molecular weight excluding hydrogens is 234 g/mol. The summed E-state index contributed by atoms with van der Waals surface area (Å²) in [5.41, 5.74) is 0. The summed E-state index contributed by atoms with van der Waals surface area (Å²) < 4.78 is 4.88. The van der Waals surface area contributed by atoms with Crippen molar-refractivity contribution in [2.24, 2.45) is 0 Å². The molecule has 0 saturated heterocycles. The zero-order chi connectivity index (χ0) is 14.0. The lowest BCUT2D eigenvalue weighted by atomic mass is 10.3. The van der Waals surface area contributed by atoms with E-state index in [0.29, 0.717) is 19.7 Å². The Hall–Kier alpha value is -1.14. The van der Waals surface area contributed by atoms with E-state index < -0.39 is 0 Å². The molecule has 6 nitrogen and oxygen atoms in total. The summed E-state index contributed by atoms with van der Waals surface area (Å²) in [4.78, 5) is 26.6. The Bertz CT molecular complexity index is 257. The number of nitrogens with zero attached hydrogens (tertiary/aromatic N) is 2. The molecule has 0 aromatic carbocycles. The van der Waals surface area contributed by atoms with Crippen LogP contribution in [0.3, 0.4) is 0 Å². The standard InChI is InChI=1S/C12H25N3O3/c1-5-7-15(10-12(17)14(2)3)11(16)9-13-6-8-18-4/h13H,5-10H2,1-4H3. The van der Waals surface area contributed by atoms with Gasteiger partial charge in [0.05, 0.1) is 19.7 Å². The van der Waals surface area contributed by atoms with Crippen molar-refractivity contribution in [2.75, 3.05) is 54.0 Å². The van der Waals surface area contributed by atoms with E-state index in [9.17, 15) is 9.59 Å². The molecule has 0 aromatic heterocycles. The summed E-state index contributed by atoms with van der Waals surface area (Å²) in [7, 11) is 4.99. The molecule has 0 spiro atoms. The van der Waals surface area contributed by atoms with Crippen molar-refractivity contribution in [3.8, 4) is 0 Å². The van der Waals surface area contributed by atoms with E-state index >= 15 is 0 Å². The fraction of sp³-hybridized carbons (Fsp3) is 0.833. The van der Waals surface area contributed by atoms with E-state index in [2.05, 4.69) is 5.32 Å². The molecule has 0 fully saturated rings. The summed E-state index contributed by atoms with van der Waals surface area (Å²) in [6.07, 6.45) is 0.838. The first-order chi connectivity index (χ1) is 8.52. The molecule has 0 radical (unpaired) electrons. The molecule has 0 heterocycles. The van der Waals surface area contributed by atoms with Gasteiger partial charge in [-0.05, 0) is 6.42 Å². The number of hydrogen-bond acceptors (Lipinski definition) is 4. The Morgan fingerprint density at radius 2 is 1.89 bits per heavy atom. The monoisotopic (exact) mass is 259 g/mol. The molecule has 0 saturated carbocycles. The van der Waals surface area contributed by atoms with Gasteiger partial charge in [-0.1, -0.05) is 6.92 Å². The van der Waals surface area contributed by atoms with E-state index in [0.717, 1.165) is 6.42 Å². The Morgan fingerprint density at radius 1 is 1.22 bits per heavy atom. The first kappa shape index (κ1) is 16.9. The largest absolute Gasteiger partial charge is 0.383 e. The summed E-state index contributed by atoms with van der Waals surface area (Å²) in [6, 6.07) is 0. The number of ether oxygens (including phenoxy) is 1. The minimum atomic E-state index is -0.0614. The predicted octanol–water partition coefficient (Wildman–Crippen LogP) is -0.451. The molecular formula is C12H25N3O3. The number of carbonyl (C=O) groups excluding carboxylic acids is 2. The summed E-state index contributed by atoms with van der Waals surface area (Å²) in [6.45, 7) is 4.17. The fourth-order valence-electron chi connectivity index (χ4n) is 1.35. The van der Waals surface area contributed by atoms with E-state index in [1.165, 1.54) is 4.90 Å². The van der Waals surface area contributed by atoms with E-state index in [-0.39, 0.29) is 24.9 Å². The van der Waals surface area contributed by atoms with Crippen LogP contribution in [-0.2, 0) is 14.3 Å². The average Bonchev–Trinajstić information content (AvgIpc) is 2.33. The molecule has 2 amide bonds. The van der Waals surface area contributed by atoms with Gasteiger partial charge in [-0.3, -0.25) is 9.59 Å². The molecule has 18 heavy (non-hydrogen) atoms. The van der Waals surface area contributed by atoms with Crippen LogP contribution in [0, 0.1) is 0 Å². The molecule has 0 atom stereocenters. The van der Waals surface area contributed by atoms with Crippen LogP contribution < -0.4 is 5.32 Å². The molecule has 0 unspecified atom stereocenters. The zero-order valence-corrected chi connectivity index (χ0v) is 11.9. The van der Waals surface area contributed by atoms with Crippen LogP contribution in [-0.4, -0.2) is 75.6 Å². The second-order valence-corrected chi connectivity index (χ2v) is 4.27. The number of rotatable bonds is 9. The highest BCUT2D eigenvalue weighted by molar-refractivity contribution is 5.85. The summed E-state index contributed by atoms with van der Waals surface area (Å²) in [5.74, 6) is -0.114. The number of amides is 2. The molecule has 0 rings (SSSR count). The van der Waals surface area contributed by atoms with Crippen LogP contribution >= 0.6 is 0 Å². The van der Waals surface area contributed by atoms with Gasteiger partial charge >= 0.3 is 0 Å². The Labute approximate surface area is 109 Å². The Morgan fingerprint density at radius 3 is 2.39 bits per heavy atom. The van der Waals surface area contributed by atoms with Crippen LogP contribution in [0.15, 0.2) is 0 Å². The highest BCUT2D eigenvalue weighted by Gasteiger charge is 2.16. The highest BCUT2D eigenvalue weighted by Crippen LogP contribution is 1.94. The van der Waals surface area contributed by atoms with E-state index in [1.807, 2.05) is 6.92 Å². The highest BCUT2D eigenvalue weighted by atomic mass is 16.5. The smallest absolute Gasteiger partial charge is 0.241 e.